The average Bonchev–Trinajstić information content (AvgIpc) is 2.54. The van der Waals surface area contributed by atoms with E-state index in [1.54, 1.807) is 6.92 Å². The van der Waals surface area contributed by atoms with Crippen molar-refractivity contribution in [3.8, 4) is 0 Å². The van der Waals surface area contributed by atoms with Crippen LogP contribution in [-0.4, -0.2) is 55.8 Å². The van der Waals surface area contributed by atoms with Crippen LogP contribution in [0.4, 0.5) is 0 Å². The molecule has 8 heteroatoms. The van der Waals surface area contributed by atoms with Crippen LogP contribution in [0.2, 0.25) is 0 Å². The Morgan fingerprint density at radius 3 is 2.11 bits per heavy atom. The van der Waals surface area contributed by atoms with Crippen molar-refractivity contribution in [1.29, 1.82) is 0 Å². The summed E-state index contributed by atoms with van der Waals surface area (Å²) in [7, 11) is 1.53. The van der Waals surface area contributed by atoms with Crippen LogP contribution >= 0.6 is 0 Å². The van der Waals surface area contributed by atoms with Gasteiger partial charge in [-0.2, -0.15) is 5.10 Å². The van der Waals surface area contributed by atoms with Crippen molar-refractivity contribution >= 4 is 17.8 Å². The number of aryl methyl sites for hydroxylation is 2. The lowest BCUT2D eigenvalue weighted by Crippen LogP contribution is -2.40. The van der Waals surface area contributed by atoms with Crippen LogP contribution in [0.15, 0.2) is 6.07 Å². The van der Waals surface area contributed by atoms with Gasteiger partial charge >= 0.3 is 11.9 Å². The van der Waals surface area contributed by atoms with Crippen molar-refractivity contribution in [2.45, 2.75) is 6.92 Å². The molecular weight excluding hydrogens is 242 g/mol. The Kier molecular flexibility index (Phi) is 4.03. The summed E-state index contributed by atoms with van der Waals surface area (Å²) >= 11 is 0. The van der Waals surface area contributed by atoms with Crippen molar-refractivity contribution in [2.75, 3.05) is 13.1 Å². The molecule has 0 saturated heterocycles. The SMILES string of the molecule is Cc1cc(C(=O)N(CC(=O)O)CC(=O)O)n(C)n1. The molecule has 0 aromatic carbocycles. The van der Waals surface area contributed by atoms with Crippen molar-refractivity contribution in [3.05, 3.63) is 17.5 Å². The van der Waals surface area contributed by atoms with Gasteiger partial charge in [0.2, 0.25) is 0 Å². The van der Waals surface area contributed by atoms with Gasteiger partial charge in [-0.1, -0.05) is 0 Å². The zero-order valence-corrected chi connectivity index (χ0v) is 9.95. The smallest absolute Gasteiger partial charge is 0.323 e. The minimum Gasteiger partial charge on any atom is -0.480 e. The van der Waals surface area contributed by atoms with Gasteiger partial charge in [0.25, 0.3) is 5.91 Å². The quantitative estimate of drug-likeness (QED) is 0.722. The first-order valence-corrected chi connectivity index (χ1v) is 5.04. The molecule has 98 valence electrons. The van der Waals surface area contributed by atoms with Crippen LogP contribution in [-0.2, 0) is 16.6 Å². The number of carbonyl (C=O) groups excluding carboxylic acids is 1. The van der Waals surface area contributed by atoms with Gasteiger partial charge in [-0.3, -0.25) is 19.1 Å². The summed E-state index contributed by atoms with van der Waals surface area (Å²) in [5.74, 6) is -3.23. The predicted molar refractivity (Wildman–Crippen MR) is 59.1 cm³/mol. The lowest BCUT2D eigenvalue weighted by molar-refractivity contribution is -0.140. The van der Waals surface area contributed by atoms with E-state index >= 15 is 0 Å². The van der Waals surface area contributed by atoms with Gasteiger partial charge in [0, 0.05) is 7.05 Å². The minimum atomic E-state index is -1.27. The first kappa shape index (κ1) is 13.7. The second-order valence-electron chi connectivity index (χ2n) is 3.74. The van der Waals surface area contributed by atoms with Crippen molar-refractivity contribution in [2.24, 2.45) is 7.05 Å². The molecule has 18 heavy (non-hydrogen) atoms. The lowest BCUT2D eigenvalue weighted by atomic mass is 10.3. The van der Waals surface area contributed by atoms with Gasteiger partial charge in [0.05, 0.1) is 5.69 Å². The molecule has 0 bridgehead atoms. The molecule has 0 saturated carbocycles. The minimum absolute atomic E-state index is 0.148. The van der Waals surface area contributed by atoms with E-state index in [1.165, 1.54) is 17.8 Å². The van der Waals surface area contributed by atoms with Crippen LogP contribution in [0, 0.1) is 6.92 Å². The van der Waals surface area contributed by atoms with E-state index in [9.17, 15) is 14.4 Å². The zero-order valence-electron chi connectivity index (χ0n) is 9.95. The lowest BCUT2D eigenvalue weighted by Gasteiger charge is -2.18. The molecule has 0 aliphatic rings. The molecule has 0 spiro atoms. The molecule has 0 fully saturated rings. The fourth-order valence-electron chi connectivity index (χ4n) is 1.50. The molecule has 1 aromatic rings. The Labute approximate surface area is 102 Å². The molecule has 1 heterocycles. The highest BCUT2D eigenvalue weighted by atomic mass is 16.4. The molecule has 0 radical (unpaired) electrons. The van der Waals surface area contributed by atoms with Crippen LogP contribution in [0.3, 0.4) is 0 Å². The fourth-order valence-corrected chi connectivity index (χ4v) is 1.50. The highest BCUT2D eigenvalue weighted by Gasteiger charge is 2.23. The van der Waals surface area contributed by atoms with Crippen molar-refractivity contribution < 1.29 is 24.6 Å². The number of carboxylic acids is 2. The van der Waals surface area contributed by atoms with E-state index in [-0.39, 0.29) is 5.69 Å². The third-order valence-corrected chi connectivity index (χ3v) is 2.16. The van der Waals surface area contributed by atoms with Crippen molar-refractivity contribution in [1.82, 2.24) is 14.7 Å². The van der Waals surface area contributed by atoms with E-state index in [0.29, 0.717) is 5.69 Å². The van der Waals surface area contributed by atoms with E-state index in [0.717, 1.165) is 4.90 Å². The Morgan fingerprint density at radius 2 is 1.78 bits per heavy atom. The third kappa shape index (κ3) is 3.30. The second-order valence-corrected chi connectivity index (χ2v) is 3.74. The van der Waals surface area contributed by atoms with E-state index in [2.05, 4.69) is 5.10 Å². The Morgan fingerprint density at radius 1 is 1.28 bits per heavy atom. The molecule has 1 rings (SSSR count). The summed E-state index contributed by atoms with van der Waals surface area (Å²) in [4.78, 5) is 33.9. The van der Waals surface area contributed by atoms with Gasteiger partial charge in [-0.15, -0.1) is 0 Å². The summed E-state index contributed by atoms with van der Waals surface area (Å²) in [5.41, 5.74) is 0.737. The number of amides is 1. The number of aromatic nitrogens is 2. The molecule has 1 aromatic heterocycles. The molecule has 0 atom stereocenters. The van der Waals surface area contributed by atoms with Gasteiger partial charge in [0.15, 0.2) is 0 Å². The number of carbonyl (C=O) groups is 3. The molecule has 0 aliphatic heterocycles. The predicted octanol–water partition coefficient (Wildman–Crippen LogP) is -0.660. The number of aliphatic carboxylic acids is 2. The normalized spacial score (nSPS) is 10.1. The summed E-state index contributed by atoms with van der Waals surface area (Å²) < 4.78 is 1.29. The Hall–Kier alpha value is -2.38. The standard InChI is InChI=1S/C10H13N3O5/c1-6-3-7(12(2)11-6)10(18)13(4-8(14)15)5-9(16)17/h3H,4-5H2,1-2H3,(H,14,15)(H,16,17). The molecule has 0 aliphatic carbocycles. The monoisotopic (exact) mass is 255 g/mol. The molecule has 1 amide bonds. The van der Waals surface area contributed by atoms with E-state index in [1.807, 2.05) is 0 Å². The fraction of sp³-hybridized carbons (Fsp3) is 0.400. The summed E-state index contributed by atoms with van der Waals surface area (Å²) in [5, 5.41) is 21.3. The number of hydrogen-bond donors (Lipinski definition) is 2. The zero-order chi connectivity index (χ0) is 13.9. The van der Waals surface area contributed by atoms with Gasteiger partial charge in [0.1, 0.15) is 18.8 Å². The van der Waals surface area contributed by atoms with Crippen molar-refractivity contribution in [3.63, 3.8) is 0 Å². The highest BCUT2D eigenvalue weighted by molar-refractivity contribution is 5.96. The molecule has 2 N–H and O–H groups in total. The van der Waals surface area contributed by atoms with Crippen LogP contribution in [0.1, 0.15) is 16.2 Å². The largest absolute Gasteiger partial charge is 0.480 e. The maximum Gasteiger partial charge on any atom is 0.323 e. The van der Waals surface area contributed by atoms with Gasteiger partial charge < -0.3 is 15.1 Å². The number of nitrogens with zero attached hydrogens (tertiary/aromatic N) is 3. The first-order valence-electron chi connectivity index (χ1n) is 5.04. The summed E-state index contributed by atoms with van der Waals surface area (Å²) in [6, 6.07) is 1.47. The maximum absolute atomic E-state index is 12.0. The Bertz CT molecular complexity index is 478. The second kappa shape index (κ2) is 5.30. The van der Waals surface area contributed by atoms with Gasteiger partial charge in [-0.05, 0) is 13.0 Å². The molecule has 8 nitrogen and oxygen atoms in total. The molecular formula is C10H13N3O5. The van der Waals surface area contributed by atoms with E-state index < -0.39 is 30.9 Å². The maximum atomic E-state index is 12.0. The Balaban J connectivity index is 2.97. The highest BCUT2D eigenvalue weighted by Crippen LogP contribution is 2.06. The van der Waals surface area contributed by atoms with Gasteiger partial charge in [-0.25, -0.2) is 0 Å². The third-order valence-electron chi connectivity index (χ3n) is 2.16. The molecule has 0 unspecified atom stereocenters. The first-order chi connectivity index (χ1) is 8.31. The number of carboxylic acid groups (broad SMARTS) is 2. The number of hydrogen-bond acceptors (Lipinski definition) is 4. The summed E-state index contributed by atoms with van der Waals surface area (Å²) in [6.45, 7) is 0.334. The topological polar surface area (TPSA) is 113 Å². The average molecular weight is 255 g/mol. The summed E-state index contributed by atoms with van der Waals surface area (Å²) in [6.07, 6.45) is 0. The van der Waals surface area contributed by atoms with Crippen LogP contribution in [0.25, 0.3) is 0 Å². The van der Waals surface area contributed by atoms with E-state index in [4.69, 9.17) is 10.2 Å². The van der Waals surface area contributed by atoms with Crippen LogP contribution in [0.5, 0.6) is 0 Å². The van der Waals surface area contributed by atoms with Crippen LogP contribution < -0.4 is 0 Å². The number of rotatable bonds is 5.